The van der Waals surface area contributed by atoms with Crippen LogP contribution in [-0.4, -0.2) is 35.4 Å². The van der Waals surface area contributed by atoms with Crippen LogP contribution in [0.15, 0.2) is 30.7 Å². The standard InChI is InChI=1S/C16H18N4O3/c1-23-13-4-2-3-11-12(7-14(21)20-15(11)13)16(22)18-6-5-10-8-17-9-19-10/h2-4,8-9,12H,5-7H2,1H3,(H,17,19)(H,18,22)(H,20,21). The van der Waals surface area contributed by atoms with Gasteiger partial charge >= 0.3 is 0 Å². The molecular weight excluding hydrogens is 296 g/mol. The van der Waals surface area contributed by atoms with Gasteiger partial charge in [-0.2, -0.15) is 0 Å². The molecule has 7 nitrogen and oxygen atoms in total. The van der Waals surface area contributed by atoms with Gasteiger partial charge in [0, 0.05) is 31.3 Å². The molecule has 2 amide bonds. The number of carbonyl (C=O) groups is 2. The van der Waals surface area contributed by atoms with E-state index in [2.05, 4.69) is 20.6 Å². The molecule has 23 heavy (non-hydrogen) atoms. The first-order valence-corrected chi connectivity index (χ1v) is 7.40. The zero-order valence-corrected chi connectivity index (χ0v) is 12.8. The maximum absolute atomic E-state index is 12.5. The van der Waals surface area contributed by atoms with Gasteiger partial charge in [0.2, 0.25) is 11.8 Å². The Balaban J connectivity index is 1.72. The number of H-pyrrole nitrogens is 1. The largest absolute Gasteiger partial charge is 0.495 e. The number of nitrogens with one attached hydrogen (secondary N) is 3. The van der Waals surface area contributed by atoms with E-state index >= 15 is 0 Å². The Morgan fingerprint density at radius 2 is 2.35 bits per heavy atom. The van der Waals surface area contributed by atoms with Crippen molar-refractivity contribution in [2.24, 2.45) is 0 Å². The molecule has 0 bridgehead atoms. The predicted molar refractivity (Wildman–Crippen MR) is 84.3 cm³/mol. The molecule has 7 heteroatoms. The first kappa shape index (κ1) is 15.1. The Morgan fingerprint density at radius 3 is 3.09 bits per heavy atom. The quantitative estimate of drug-likeness (QED) is 0.773. The lowest BCUT2D eigenvalue weighted by molar-refractivity contribution is -0.126. The number of hydrogen-bond donors (Lipinski definition) is 3. The number of fused-ring (bicyclic) bond motifs is 1. The molecule has 3 rings (SSSR count). The first-order chi connectivity index (χ1) is 11.2. The number of aromatic nitrogens is 2. The second kappa shape index (κ2) is 6.51. The molecular formula is C16H18N4O3. The second-order valence-corrected chi connectivity index (χ2v) is 5.35. The molecule has 0 aliphatic carbocycles. The van der Waals surface area contributed by atoms with Gasteiger partial charge in [0.1, 0.15) is 5.75 Å². The highest BCUT2D eigenvalue weighted by atomic mass is 16.5. The van der Waals surface area contributed by atoms with E-state index in [4.69, 9.17) is 4.74 Å². The molecule has 2 aromatic rings. The third-order valence-electron chi connectivity index (χ3n) is 3.87. The van der Waals surface area contributed by atoms with E-state index in [9.17, 15) is 9.59 Å². The number of anilines is 1. The van der Waals surface area contributed by atoms with Crippen LogP contribution in [0.5, 0.6) is 5.75 Å². The number of methoxy groups -OCH3 is 1. The summed E-state index contributed by atoms with van der Waals surface area (Å²) in [5.41, 5.74) is 2.32. The summed E-state index contributed by atoms with van der Waals surface area (Å²) in [6.45, 7) is 0.485. The molecule has 1 unspecified atom stereocenters. The summed E-state index contributed by atoms with van der Waals surface area (Å²) in [5, 5.41) is 5.67. The number of aromatic amines is 1. The van der Waals surface area contributed by atoms with E-state index in [1.807, 2.05) is 12.1 Å². The summed E-state index contributed by atoms with van der Waals surface area (Å²) in [5.74, 6) is -0.286. The van der Waals surface area contributed by atoms with Crippen molar-refractivity contribution in [2.75, 3.05) is 19.0 Å². The molecule has 0 spiro atoms. The van der Waals surface area contributed by atoms with E-state index in [0.29, 0.717) is 24.4 Å². The Bertz CT molecular complexity index is 712. The number of benzene rings is 1. The minimum absolute atomic E-state index is 0.135. The number of amides is 2. The molecule has 1 aliphatic rings. The Hall–Kier alpha value is -2.83. The highest BCUT2D eigenvalue weighted by molar-refractivity contribution is 6.02. The van der Waals surface area contributed by atoms with E-state index < -0.39 is 5.92 Å². The predicted octanol–water partition coefficient (Wildman–Crippen LogP) is 1.20. The van der Waals surface area contributed by atoms with Gasteiger partial charge in [-0.15, -0.1) is 0 Å². The minimum Gasteiger partial charge on any atom is -0.495 e. The van der Waals surface area contributed by atoms with Gasteiger partial charge in [0.05, 0.1) is 25.0 Å². The molecule has 120 valence electrons. The molecule has 0 saturated heterocycles. The van der Waals surface area contributed by atoms with E-state index in [1.54, 1.807) is 18.6 Å². The van der Waals surface area contributed by atoms with Crippen LogP contribution in [0.25, 0.3) is 0 Å². The van der Waals surface area contributed by atoms with Gasteiger partial charge in [-0.3, -0.25) is 9.59 Å². The summed E-state index contributed by atoms with van der Waals surface area (Å²) in [6.07, 6.45) is 4.12. The number of ether oxygens (including phenoxy) is 1. The lowest BCUT2D eigenvalue weighted by atomic mass is 9.89. The third-order valence-corrected chi connectivity index (χ3v) is 3.87. The van der Waals surface area contributed by atoms with Crippen LogP contribution in [-0.2, 0) is 16.0 Å². The zero-order valence-electron chi connectivity index (χ0n) is 12.8. The van der Waals surface area contributed by atoms with Crippen molar-refractivity contribution >= 4 is 17.5 Å². The first-order valence-electron chi connectivity index (χ1n) is 7.40. The van der Waals surface area contributed by atoms with Crippen molar-refractivity contribution in [1.29, 1.82) is 0 Å². The molecule has 1 aliphatic heterocycles. The van der Waals surface area contributed by atoms with Gasteiger partial charge in [0.25, 0.3) is 0 Å². The monoisotopic (exact) mass is 314 g/mol. The molecule has 1 aromatic carbocycles. The number of para-hydroxylation sites is 1. The van der Waals surface area contributed by atoms with Crippen LogP contribution < -0.4 is 15.4 Å². The highest BCUT2D eigenvalue weighted by Crippen LogP contribution is 2.38. The SMILES string of the molecule is COc1cccc2c1NC(=O)CC2C(=O)NCCc1cnc[nH]1. The van der Waals surface area contributed by atoms with E-state index in [1.165, 1.54) is 7.11 Å². The van der Waals surface area contributed by atoms with Crippen LogP contribution in [0, 0.1) is 0 Å². The smallest absolute Gasteiger partial charge is 0.228 e. The summed E-state index contributed by atoms with van der Waals surface area (Å²) < 4.78 is 5.26. The van der Waals surface area contributed by atoms with Gasteiger partial charge in [0.15, 0.2) is 0 Å². The zero-order chi connectivity index (χ0) is 16.2. The van der Waals surface area contributed by atoms with E-state index in [-0.39, 0.29) is 18.2 Å². The molecule has 2 heterocycles. The van der Waals surface area contributed by atoms with Crippen LogP contribution in [0.1, 0.15) is 23.6 Å². The molecule has 1 atom stereocenters. The van der Waals surface area contributed by atoms with Gasteiger partial charge in [-0.1, -0.05) is 12.1 Å². The number of hydrogen-bond acceptors (Lipinski definition) is 4. The fraction of sp³-hybridized carbons (Fsp3) is 0.312. The maximum atomic E-state index is 12.5. The van der Waals surface area contributed by atoms with Crippen molar-refractivity contribution in [1.82, 2.24) is 15.3 Å². The Labute approximate surface area is 133 Å². The molecule has 0 saturated carbocycles. The lowest BCUT2D eigenvalue weighted by Crippen LogP contribution is -2.36. The summed E-state index contributed by atoms with van der Waals surface area (Å²) in [6, 6.07) is 5.42. The number of carbonyl (C=O) groups excluding carboxylic acids is 2. The fourth-order valence-electron chi connectivity index (χ4n) is 2.73. The van der Waals surface area contributed by atoms with E-state index in [0.717, 1.165) is 11.3 Å². The van der Waals surface area contributed by atoms with Crippen LogP contribution in [0.2, 0.25) is 0 Å². The maximum Gasteiger partial charge on any atom is 0.228 e. The Kier molecular flexibility index (Phi) is 4.27. The summed E-state index contributed by atoms with van der Waals surface area (Å²) in [4.78, 5) is 31.3. The number of nitrogens with zero attached hydrogens (tertiary/aromatic N) is 1. The Morgan fingerprint density at radius 1 is 1.48 bits per heavy atom. The average molecular weight is 314 g/mol. The number of imidazole rings is 1. The van der Waals surface area contributed by atoms with Gasteiger partial charge < -0.3 is 20.4 Å². The molecule has 0 fully saturated rings. The minimum atomic E-state index is -0.504. The van der Waals surface area contributed by atoms with Crippen molar-refractivity contribution in [3.63, 3.8) is 0 Å². The highest BCUT2D eigenvalue weighted by Gasteiger charge is 2.32. The van der Waals surface area contributed by atoms with Crippen molar-refractivity contribution < 1.29 is 14.3 Å². The summed E-state index contributed by atoms with van der Waals surface area (Å²) in [7, 11) is 1.54. The lowest BCUT2D eigenvalue weighted by Gasteiger charge is -2.26. The second-order valence-electron chi connectivity index (χ2n) is 5.35. The average Bonchev–Trinajstić information content (AvgIpc) is 3.06. The van der Waals surface area contributed by atoms with Gasteiger partial charge in [-0.25, -0.2) is 4.98 Å². The third kappa shape index (κ3) is 3.18. The normalized spacial score (nSPS) is 16.4. The number of rotatable bonds is 5. The van der Waals surface area contributed by atoms with Crippen LogP contribution in [0.3, 0.4) is 0 Å². The van der Waals surface area contributed by atoms with Gasteiger partial charge in [-0.05, 0) is 11.6 Å². The summed E-state index contributed by atoms with van der Waals surface area (Å²) >= 11 is 0. The van der Waals surface area contributed by atoms with Crippen molar-refractivity contribution in [3.05, 3.63) is 42.0 Å². The van der Waals surface area contributed by atoms with Crippen LogP contribution >= 0.6 is 0 Å². The van der Waals surface area contributed by atoms with Crippen LogP contribution in [0.4, 0.5) is 5.69 Å². The fourth-order valence-corrected chi connectivity index (χ4v) is 2.73. The molecule has 0 radical (unpaired) electrons. The van der Waals surface area contributed by atoms with Crippen molar-refractivity contribution in [2.45, 2.75) is 18.8 Å². The molecule has 1 aromatic heterocycles. The van der Waals surface area contributed by atoms with Crippen molar-refractivity contribution in [3.8, 4) is 5.75 Å². The molecule has 3 N–H and O–H groups in total. The topological polar surface area (TPSA) is 96.1 Å².